The Hall–Kier alpha value is 0.744. The van der Waals surface area contributed by atoms with Crippen molar-refractivity contribution in [3.05, 3.63) is 0 Å². The molecule has 0 heterocycles. The highest BCUT2D eigenvalue weighted by molar-refractivity contribution is 7.83. The van der Waals surface area contributed by atoms with Crippen LogP contribution < -0.4 is 0 Å². The van der Waals surface area contributed by atoms with Crippen molar-refractivity contribution in [3.8, 4) is 0 Å². The molecule has 0 aromatic rings. The predicted octanol–water partition coefficient (Wildman–Crippen LogP) is 2.76. The lowest BCUT2D eigenvalue weighted by Gasteiger charge is -2.48. The first-order chi connectivity index (χ1) is 7.88. The van der Waals surface area contributed by atoms with Gasteiger partial charge in [0.2, 0.25) is 0 Å². The van der Waals surface area contributed by atoms with Gasteiger partial charge in [-0.2, -0.15) is 12.6 Å². The maximum Gasteiger partial charge on any atom is 0.146 e. The maximum absolute atomic E-state index is 5.93. The molecule has 110 valence electrons. The molecule has 0 bridgehead atoms. The Kier molecular flexibility index (Phi) is 6.73. The molecule has 18 heavy (non-hydrogen) atoms. The van der Waals surface area contributed by atoms with Gasteiger partial charge in [-0.05, 0) is 37.1 Å². The van der Waals surface area contributed by atoms with E-state index in [0.717, 1.165) is 16.9 Å². The summed E-state index contributed by atoms with van der Waals surface area (Å²) >= 11 is 5.17. The van der Waals surface area contributed by atoms with Gasteiger partial charge in [0.15, 0.2) is 0 Å². The van der Waals surface area contributed by atoms with Crippen LogP contribution in [-0.2, 0) is 4.43 Å². The number of rotatable bonds is 7. The fourth-order valence-electron chi connectivity index (χ4n) is 2.35. The molecule has 0 rings (SSSR count). The van der Waals surface area contributed by atoms with Gasteiger partial charge >= 0.3 is 0 Å². The highest BCUT2D eigenvalue weighted by Crippen LogP contribution is 2.45. The van der Waals surface area contributed by atoms with Gasteiger partial charge in [0.1, 0.15) is 10.5 Å². The van der Waals surface area contributed by atoms with Crippen LogP contribution in [0, 0.1) is 11.8 Å². The van der Waals surface area contributed by atoms with Crippen molar-refractivity contribution in [2.45, 2.75) is 76.8 Å². The van der Waals surface area contributed by atoms with Crippen molar-refractivity contribution >= 4 is 32.6 Å². The zero-order valence-corrected chi connectivity index (χ0v) is 18.2. The maximum atomic E-state index is 5.93. The molecule has 0 amide bonds. The topological polar surface area (TPSA) is 9.23 Å². The molecule has 0 aliphatic rings. The monoisotopic (exact) mass is 306 g/mol. The Bertz CT molecular complexity index is 265. The molecule has 0 spiro atoms. The lowest BCUT2D eigenvalue weighted by Crippen LogP contribution is -2.55. The lowest BCUT2D eigenvalue weighted by atomic mass is 9.95. The van der Waals surface area contributed by atoms with Crippen LogP contribution in [0.5, 0.6) is 0 Å². The molecule has 1 atom stereocenters. The van der Waals surface area contributed by atoms with Crippen molar-refractivity contribution in [2.24, 2.45) is 11.8 Å². The predicted molar refractivity (Wildman–Crippen MR) is 93.7 cm³/mol. The molecule has 0 aromatic heterocycles. The summed E-state index contributed by atoms with van der Waals surface area (Å²) in [6.45, 7) is 18.6. The molecule has 0 radical (unpaired) electrons. The van der Waals surface area contributed by atoms with E-state index in [0.29, 0.717) is 16.9 Å². The zero-order valence-electron chi connectivity index (χ0n) is 13.9. The van der Waals surface area contributed by atoms with Gasteiger partial charge in [0.25, 0.3) is 0 Å². The van der Waals surface area contributed by atoms with Crippen molar-refractivity contribution in [3.63, 3.8) is 0 Å². The zero-order chi connectivity index (χ0) is 14.8. The van der Waals surface area contributed by atoms with Gasteiger partial charge in [-0.1, -0.05) is 41.5 Å². The van der Waals surface area contributed by atoms with Gasteiger partial charge in [-0.15, -0.1) is 0 Å². The Morgan fingerprint density at radius 1 is 1.11 bits per heavy atom. The minimum Gasteiger partial charge on any atom is -0.422 e. The van der Waals surface area contributed by atoms with Crippen LogP contribution in [0.1, 0.15) is 61.8 Å². The van der Waals surface area contributed by atoms with Gasteiger partial charge in [0.05, 0.1) is 5.60 Å². The minimum absolute atomic E-state index is 0.0800. The normalized spacial score (nSPS) is 18.2. The average molecular weight is 307 g/mol. The van der Waals surface area contributed by atoms with Crippen LogP contribution in [-0.4, -0.2) is 30.0 Å². The van der Waals surface area contributed by atoms with E-state index in [9.17, 15) is 0 Å². The van der Waals surface area contributed by atoms with Crippen molar-refractivity contribution < 1.29 is 4.43 Å². The molecule has 0 aliphatic carbocycles. The van der Waals surface area contributed by atoms with Crippen molar-refractivity contribution in [2.75, 3.05) is 0 Å². The highest BCUT2D eigenvalue weighted by Gasteiger charge is 2.46. The standard InChI is InChI=1S/C14H34OSSi2/c1-10(2)9-14(16,13(7,8)15-17)18-12(5,6)11(3)4/h10-11,16H,9,18H2,1-8,17H3/t14-/m1/s1. The second-order valence-corrected chi connectivity index (χ2v) is 12.9. The van der Waals surface area contributed by atoms with E-state index in [2.05, 4.69) is 55.4 Å². The van der Waals surface area contributed by atoms with Crippen LogP contribution in [0.15, 0.2) is 0 Å². The first-order valence-corrected chi connectivity index (χ1v) is 9.83. The van der Waals surface area contributed by atoms with Crippen molar-refractivity contribution in [1.29, 1.82) is 0 Å². The Labute approximate surface area is 126 Å². The quantitative estimate of drug-likeness (QED) is 0.562. The molecular formula is C14H34OSSi2. The SMILES string of the molecule is CC(C)C[C@@](S)([SiH2]C(C)(C)C(C)C)C(C)(C)O[SiH3]. The third-order valence-electron chi connectivity index (χ3n) is 4.69. The lowest BCUT2D eigenvalue weighted by molar-refractivity contribution is 0.0945. The van der Waals surface area contributed by atoms with Gasteiger partial charge in [-0.3, -0.25) is 0 Å². The summed E-state index contributed by atoms with van der Waals surface area (Å²) in [4.78, 5) is 0. The van der Waals surface area contributed by atoms with Crippen molar-refractivity contribution in [1.82, 2.24) is 0 Å². The third-order valence-corrected chi connectivity index (χ3v) is 10.4. The van der Waals surface area contributed by atoms with Crippen LogP contribution >= 0.6 is 12.6 Å². The Balaban J connectivity index is 5.24. The first-order valence-electron chi connectivity index (χ1n) is 7.15. The molecule has 0 saturated carbocycles. The van der Waals surface area contributed by atoms with Crippen LogP contribution in [0.2, 0.25) is 5.04 Å². The third kappa shape index (κ3) is 4.69. The summed E-state index contributed by atoms with van der Waals surface area (Å²) in [5.74, 6) is 1.39. The molecule has 0 saturated heterocycles. The summed E-state index contributed by atoms with van der Waals surface area (Å²) in [6.07, 6.45) is 1.16. The van der Waals surface area contributed by atoms with Gasteiger partial charge in [0, 0.05) is 13.9 Å². The summed E-state index contributed by atoms with van der Waals surface area (Å²) in [6, 6.07) is 0. The fraction of sp³-hybridized carbons (Fsp3) is 1.00. The van der Waals surface area contributed by atoms with E-state index in [-0.39, 0.29) is 19.5 Å². The smallest absolute Gasteiger partial charge is 0.146 e. The molecule has 0 aliphatic heterocycles. The molecule has 0 N–H and O–H groups in total. The summed E-state index contributed by atoms with van der Waals surface area (Å²) in [5.41, 5.74) is -0.0923. The molecule has 1 nitrogen and oxygen atoms in total. The summed E-state index contributed by atoms with van der Waals surface area (Å²) < 4.78 is 6.01. The molecule has 4 heteroatoms. The molecular weight excluding hydrogens is 272 g/mol. The minimum atomic E-state index is -0.387. The second kappa shape index (κ2) is 6.46. The summed E-state index contributed by atoms with van der Waals surface area (Å²) in [7, 11) is 0.402. The van der Waals surface area contributed by atoms with E-state index in [1.54, 1.807) is 0 Å². The van der Waals surface area contributed by atoms with Gasteiger partial charge < -0.3 is 4.43 Å². The van der Waals surface area contributed by atoms with Crippen LogP contribution in [0.25, 0.3) is 0 Å². The largest absolute Gasteiger partial charge is 0.422 e. The fourth-order valence-corrected chi connectivity index (χ4v) is 8.09. The average Bonchev–Trinajstić information content (AvgIpc) is 2.14. The highest BCUT2D eigenvalue weighted by atomic mass is 32.1. The number of thiol groups is 1. The molecule has 0 fully saturated rings. The van der Waals surface area contributed by atoms with E-state index < -0.39 is 0 Å². The van der Waals surface area contributed by atoms with E-state index in [1.807, 2.05) is 0 Å². The van der Waals surface area contributed by atoms with Crippen LogP contribution in [0.3, 0.4) is 0 Å². The number of hydrogen-bond acceptors (Lipinski definition) is 2. The van der Waals surface area contributed by atoms with Gasteiger partial charge in [-0.25, -0.2) is 0 Å². The van der Waals surface area contributed by atoms with Crippen LogP contribution in [0.4, 0.5) is 0 Å². The molecule has 0 aromatic carbocycles. The second-order valence-electron chi connectivity index (χ2n) is 7.66. The Morgan fingerprint density at radius 2 is 1.56 bits per heavy atom. The molecule has 0 unspecified atom stereocenters. The van der Waals surface area contributed by atoms with E-state index in [1.165, 1.54) is 0 Å². The van der Waals surface area contributed by atoms with E-state index >= 15 is 0 Å². The first kappa shape index (κ1) is 18.7. The van der Waals surface area contributed by atoms with E-state index in [4.69, 9.17) is 17.1 Å². The summed E-state index contributed by atoms with van der Waals surface area (Å²) in [5, 5.41) is 0.425. The number of hydrogen-bond donors (Lipinski definition) is 1. The Morgan fingerprint density at radius 3 is 1.83 bits per heavy atom.